The predicted octanol–water partition coefficient (Wildman–Crippen LogP) is 3.81. The molecule has 0 aliphatic carbocycles. The molecule has 0 aromatic rings. The highest BCUT2D eigenvalue weighted by molar-refractivity contribution is 5.75. The van der Waals surface area contributed by atoms with E-state index in [-0.39, 0.29) is 17.0 Å². The molecular weight excluding hydrogens is 228 g/mol. The summed E-state index contributed by atoms with van der Waals surface area (Å²) in [5.41, 5.74) is -0.516. The minimum absolute atomic E-state index is 0.116. The second kappa shape index (κ2) is 6.05. The number of rotatable bonds is 5. The summed E-state index contributed by atoms with van der Waals surface area (Å²) in [5, 5.41) is 0. The lowest BCUT2D eigenvalue weighted by molar-refractivity contribution is -0.158. The van der Waals surface area contributed by atoms with Gasteiger partial charge >= 0.3 is 5.97 Å². The third-order valence-electron chi connectivity index (χ3n) is 2.38. The third kappa shape index (κ3) is 8.51. The van der Waals surface area contributed by atoms with E-state index in [9.17, 15) is 4.79 Å². The molecule has 108 valence electrons. The van der Waals surface area contributed by atoms with Gasteiger partial charge in [0.25, 0.3) is 0 Å². The van der Waals surface area contributed by atoms with E-state index in [0.717, 1.165) is 6.42 Å². The molecule has 0 saturated heterocycles. The lowest BCUT2D eigenvalue weighted by Crippen LogP contribution is -2.32. The van der Waals surface area contributed by atoms with Crippen molar-refractivity contribution in [2.24, 2.45) is 10.8 Å². The molecule has 0 atom stereocenters. The molecule has 0 saturated carbocycles. The molecule has 0 aromatic carbocycles. The summed E-state index contributed by atoms with van der Waals surface area (Å²) < 4.78 is 10.8. The first-order chi connectivity index (χ1) is 7.83. The molecule has 0 heterocycles. The van der Waals surface area contributed by atoms with E-state index >= 15 is 0 Å². The standard InChI is InChI=1S/C15H30O3/c1-13(2,3)11-15(7,8)12(16)17-9-10-18-14(4,5)6/h9-11H2,1-8H3. The molecule has 3 nitrogen and oxygen atoms in total. The highest BCUT2D eigenvalue weighted by atomic mass is 16.6. The van der Waals surface area contributed by atoms with Gasteiger partial charge in [-0.1, -0.05) is 20.8 Å². The first kappa shape index (κ1) is 17.4. The van der Waals surface area contributed by atoms with Crippen molar-refractivity contribution in [3.8, 4) is 0 Å². The summed E-state index contributed by atoms with van der Waals surface area (Å²) in [6, 6.07) is 0. The summed E-state index contributed by atoms with van der Waals surface area (Å²) in [7, 11) is 0. The second-order valence-electron chi connectivity index (χ2n) is 7.72. The third-order valence-corrected chi connectivity index (χ3v) is 2.38. The first-order valence-electron chi connectivity index (χ1n) is 6.65. The fourth-order valence-corrected chi connectivity index (χ4v) is 2.08. The van der Waals surface area contributed by atoms with Gasteiger partial charge in [-0.15, -0.1) is 0 Å². The van der Waals surface area contributed by atoms with Crippen molar-refractivity contribution < 1.29 is 14.3 Å². The zero-order chi connectivity index (χ0) is 14.6. The van der Waals surface area contributed by atoms with Crippen LogP contribution in [0.3, 0.4) is 0 Å². The number of carbonyl (C=O) groups excluding carboxylic acids is 1. The number of hydrogen-bond donors (Lipinski definition) is 0. The number of hydrogen-bond acceptors (Lipinski definition) is 3. The molecule has 0 fully saturated rings. The van der Waals surface area contributed by atoms with E-state index in [1.54, 1.807) is 0 Å². The van der Waals surface area contributed by atoms with Gasteiger partial charge in [0, 0.05) is 0 Å². The predicted molar refractivity (Wildman–Crippen MR) is 74.5 cm³/mol. The average Bonchev–Trinajstić information content (AvgIpc) is 2.06. The van der Waals surface area contributed by atoms with Crippen molar-refractivity contribution in [3.63, 3.8) is 0 Å². The van der Waals surface area contributed by atoms with Gasteiger partial charge in [-0.05, 0) is 46.5 Å². The van der Waals surface area contributed by atoms with Crippen molar-refractivity contribution in [3.05, 3.63) is 0 Å². The van der Waals surface area contributed by atoms with Crippen LogP contribution in [0.4, 0.5) is 0 Å². The zero-order valence-electron chi connectivity index (χ0n) is 13.3. The van der Waals surface area contributed by atoms with E-state index < -0.39 is 5.41 Å². The van der Waals surface area contributed by atoms with E-state index in [1.165, 1.54) is 0 Å². The van der Waals surface area contributed by atoms with Crippen LogP contribution in [0.5, 0.6) is 0 Å². The fourth-order valence-electron chi connectivity index (χ4n) is 2.08. The highest BCUT2D eigenvalue weighted by Gasteiger charge is 2.33. The summed E-state index contributed by atoms with van der Waals surface area (Å²) in [4.78, 5) is 12.0. The Hall–Kier alpha value is -0.570. The molecule has 0 bridgehead atoms. The molecule has 0 unspecified atom stereocenters. The Labute approximate surface area is 112 Å². The van der Waals surface area contributed by atoms with Crippen molar-refractivity contribution in [1.29, 1.82) is 0 Å². The summed E-state index contributed by atoms with van der Waals surface area (Å²) in [6.07, 6.45) is 0.805. The van der Waals surface area contributed by atoms with Crippen molar-refractivity contribution >= 4 is 5.97 Å². The van der Waals surface area contributed by atoms with E-state index in [1.807, 2.05) is 34.6 Å². The van der Waals surface area contributed by atoms with Crippen LogP contribution < -0.4 is 0 Å². The zero-order valence-corrected chi connectivity index (χ0v) is 13.3. The van der Waals surface area contributed by atoms with Crippen molar-refractivity contribution in [1.82, 2.24) is 0 Å². The summed E-state index contributed by atoms with van der Waals surface area (Å²) >= 11 is 0. The Bertz CT molecular complexity index is 266. The van der Waals surface area contributed by atoms with Gasteiger partial charge in [0.2, 0.25) is 0 Å². The number of esters is 1. The van der Waals surface area contributed by atoms with Crippen LogP contribution in [0.15, 0.2) is 0 Å². The molecule has 0 aliphatic rings. The first-order valence-corrected chi connectivity index (χ1v) is 6.65. The van der Waals surface area contributed by atoms with Gasteiger partial charge in [0.1, 0.15) is 6.61 Å². The molecule has 0 N–H and O–H groups in total. The van der Waals surface area contributed by atoms with Crippen LogP contribution in [0.1, 0.15) is 61.8 Å². The normalized spacial score (nSPS) is 13.6. The van der Waals surface area contributed by atoms with Gasteiger partial charge in [-0.25, -0.2) is 0 Å². The molecule has 18 heavy (non-hydrogen) atoms. The Kier molecular flexibility index (Phi) is 5.86. The smallest absolute Gasteiger partial charge is 0.311 e. The monoisotopic (exact) mass is 258 g/mol. The Balaban J connectivity index is 4.09. The van der Waals surface area contributed by atoms with Crippen LogP contribution in [0, 0.1) is 10.8 Å². The Morgan fingerprint density at radius 3 is 1.78 bits per heavy atom. The molecule has 0 spiro atoms. The van der Waals surface area contributed by atoms with E-state index in [4.69, 9.17) is 9.47 Å². The Morgan fingerprint density at radius 1 is 0.889 bits per heavy atom. The van der Waals surface area contributed by atoms with Crippen LogP contribution in [-0.2, 0) is 14.3 Å². The van der Waals surface area contributed by atoms with E-state index in [2.05, 4.69) is 20.8 Å². The maximum absolute atomic E-state index is 12.0. The van der Waals surface area contributed by atoms with Gasteiger partial charge in [0.05, 0.1) is 17.6 Å². The maximum atomic E-state index is 12.0. The molecule has 3 heteroatoms. The van der Waals surface area contributed by atoms with Crippen molar-refractivity contribution in [2.75, 3.05) is 13.2 Å². The largest absolute Gasteiger partial charge is 0.463 e. The van der Waals surface area contributed by atoms with Gasteiger partial charge in [0.15, 0.2) is 0 Å². The Morgan fingerprint density at radius 2 is 1.39 bits per heavy atom. The average molecular weight is 258 g/mol. The van der Waals surface area contributed by atoms with Crippen molar-refractivity contribution in [2.45, 2.75) is 67.4 Å². The van der Waals surface area contributed by atoms with Gasteiger partial charge < -0.3 is 9.47 Å². The fraction of sp³-hybridized carbons (Fsp3) is 0.933. The number of carbonyl (C=O) groups is 1. The molecule has 0 rings (SSSR count). The second-order valence-corrected chi connectivity index (χ2v) is 7.72. The molecule has 0 aromatic heterocycles. The molecule has 0 radical (unpaired) electrons. The lowest BCUT2D eigenvalue weighted by atomic mass is 9.76. The van der Waals surface area contributed by atoms with Crippen LogP contribution in [0.2, 0.25) is 0 Å². The molecular formula is C15H30O3. The van der Waals surface area contributed by atoms with Gasteiger partial charge in [-0.2, -0.15) is 0 Å². The quantitative estimate of drug-likeness (QED) is 0.555. The topological polar surface area (TPSA) is 35.5 Å². The lowest BCUT2D eigenvalue weighted by Gasteiger charge is -2.30. The molecule has 0 amide bonds. The molecule has 0 aliphatic heterocycles. The summed E-state index contributed by atoms with van der Waals surface area (Å²) in [5.74, 6) is -0.144. The van der Waals surface area contributed by atoms with Gasteiger partial charge in [-0.3, -0.25) is 4.79 Å². The van der Waals surface area contributed by atoms with Crippen LogP contribution in [-0.4, -0.2) is 24.8 Å². The maximum Gasteiger partial charge on any atom is 0.311 e. The SMILES string of the molecule is CC(C)(C)CC(C)(C)C(=O)OCCOC(C)(C)C. The van der Waals surface area contributed by atoms with Crippen LogP contribution in [0.25, 0.3) is 0 Å². The minimum Gasteiger partial charge on any atom is -0.463 e. The number of ether oxygens (including phenoxy) is 2. The summed E-state index contributed by atoms with van der Waals surface area (Å²) in [6.45, 7) is 17.0. The minimum atomic E-state index is -0.444. The highest BCUT2D eigenvalue weighted by Crippen LogP contribution is 2.34. The van der Waals surface area contributed by atoms with Crippen LogP contribution >= 0.6 is 0 Å². The van der Waals surface area contributed by atoms with E-state index in [0.29, 0.717) is 13.2 Å².